The lowest BCUT2D eigenvalue weighted by molar-refractivity contribution is 0.179. The number of sulfonamides is 1. The maximum atomic E-state index is 12.3. The number of imidazole rings is 1. The number of nitrogens with zero attached hydrogens (tertiary/aromatic N) is 1. The molecule has 0 aliphatic rings. The Morgan fingerprint density at radius 1 is 1.17 bits per heavy atom. The van der Waals surface area contributed by atoms with Crippen molar-refractivity contribution in [3.8, 4) is 0 Å². The Labute approximate surface area is 134 Å². The fourth-order valence-electron chi connectivity index (χ4n) is 2.34. The number of rotatable bonds is 6. The summed E-state index contributed by atoms with van der Waals surface area (Å²) in [4.78, 5) is 7.45. The molecule has 7 heteroatoms. The van der Waals surface area contributed by atoms with Crippen LogP contribution in [0.4, 0.5) is 5.69 Å². The maximum Gasteiger partial charge on any atom is 0.236 e. The van der Waals surface area contributed by atoms with Crippen LogP contribution in [-0.4, -0.2) is 25.5 Å². The van der Waals surface area contributed by atoms with Gasteiger partial charge in [0.2, 0.25) is 10.0 Å². The monoisotopic (exact) mass is 331 g/mol. The average Bonchev–Trinajstić information content (AvgIpc) is 2.89. The second-order valence-electron chi connectivity index (χ2n) is 5.20. The third-order valence-corrected chi connectivity index (χ3v) is 4.54. The van der Waals surface area contributed by atoms with Gasteiger partial charge in [0.05, 0.1) is 22.5 Å². The highest BCUT2D eigenvalue weighted by Crippen LogP contribution is 2.19. The third kappa shape index (κ3) is 3.88. The lowest BCUT2D eigenvalue weighted by atomic mass is 10.2. The van der Waals surface area contributed by atoms with Gasteiger partial charge in [-0.25, -0.2) is 13.4 Å². The molecule has 0 unspecified atom stereocenters. The van der Waals surface area contributed by atoms with Crippen molar-refractivity contribution >= 4 is 26.7 Å². The molecule has 0 saturated heterocycles. The molecule has 0 bridgehead atoms. The highest BCUT2D eigenvalue weighted by Gasteiger charge is 2.12. The van der Waals surface area contributed by atoms with Crippen LogP contribution in [0.2, 0.25) is 0 Å². The van der Waals surface area contributed by atoms with Gasteiger partial charge in [0, 0.05) is 7.11 Å². The molecular weight excluding hydrogens is 314 g/mol. The molecule has 0 radical (unpaired) electrons. The molecule has 1 aromatic heterocycles. The highest BCUT2D eigenvalue weighted by atomic mass is 32.2. The van der Waals surface area contributed by atoms with Gasteiger partial charge in [0.15, 0.2) is 0 Å². The van der Waals surface area contributed by atoms with Gasteiger partial charge in [-0.3, -0.25) is 4.72 Å². The van der Waals surface area contributed by atoms with E-state index in [0.717, 1.165) is 16.6 Å². The van der Waals surface area contributed by atoms with Gasteiger partial charge in [-0.05, 0) is 23.8 Å². The minimum atomic E-state index is -3.47. The molecule has 6 nitrogen and oxygen atoms in total. The number of anilines is 1. The van der Waals surface area contributed by atoms with Crippen molar-refractivity contribution in [2.75, 3.05) is 11.8 Å². The molecule has 3 rings (SSSR count). The Morgan fingerprint density at radius 2 is 1.96 bits per heavy atom. The lowest BCUT2D eigenvalue weighted by Gasteiger charge is -2.08. The molecule has 1 heterocycles. The number of fused-ring (bicyclic) bond motifs is 1. The Balaban J connectivity index is 1.80. The number of hydrogen-bond acceptors (Lipinski definition) is 4. The van der Waals surface area contributed by atoms with Gasteiger partial charge >= 0.3 is 0 Å². The van der Waals surface area contributed by atoms with Crippen LogP contribution >= 0.6 is 0 Å². The van der Waals surface area contributed by atoms with E-state index in [2.05, 4.69) is 14.7 Å². The molecule has 0 spiro atoms. The quantitative estimate of drug-likeness (QED) is 0.727. The van der Waals surface area contributed by atoms with Crippen molar-refractivity contribution in [3.63, 3.8) is 0 Å². The lowest BCUT2D eigenvalue weighted by Crippen LogP contribution is -2.14. The second-order valence-corrected chi connectivity index (χ2v) is 6.92. The minimum Gasteiger partial charge on any atom is -0.377 e. The molecule has 3 aromatic rings. The first kappa shape index (κ1) is 15.5. The van der Waals surface area contributed by atoms with E-state index in [9.17, 15) is 8.42 Å². The highest BCUT2D eigenvalue weighted by molar-refractivity contribution is 7.91. The molecule has 2 N–H and O–H groups in total. The van der Waals surface area contributed by atoms with Crippen molar-refractivity contribution in [2.45, 2.75) is 12.4 Å². The van der Waals surface area contributed by atoms with E-state index in [1.54, 1.807) is 37.4 Å². The topological polar surface area (TPSA) is 84.1 Å². The van der Waals surface area contributed by atoms with Crippen LogP contribution in [0.25, 0.3) is 11.0 Å². The van der Waals surface area contributed by atoms with E-state index in [1.807, 2.05) is 18.2 Å². The normalized spacial score (nSPS) is 11.7. The summed E-state index contributed by atoms with van der Waals surface area (Å²) >= 11 is 0. The van der Waals surface area contributed by atoms with Crippen LogP contribution in [0.15, 0.2) is 48.5 Å². The van der Waals surface area contributed by atoms with Gasteiger partial charge in [0.1, 0.15) is 12.4 Å². The summed E-state index contributed by atoms with van der Waals surface area (Å²) in [6, 6.07) is 14.3. The fraction of sp³-hybridized carbons (Fsp3) is 0.188. The molecule has 0 saturated carbocycles. The van der Waals surface area contributed by atoms with Crippen molar-refractivity contribution in [3.05, 3.63) is 59.9 Å². The van der Waals surface area contributed by atoms with E-state index >= 15 is 0 Å². The van der Waals surface area contributed by atoms with Gasteiger partial charge in [-0.2, -0.15) is 0 Å². The Kier molecular flexibility index (Phi) is 4.31. The predicted molar refractivity (Wildman–Crippen MR) is 89.5 cm³/mol. The maximum absolute atomic E-state index is 12.3. The fourth-order valence-corrected chi connectivity index (χ4v) is 3.53. The Hall–Kier alpha value is -2.38. The number of aromatic nitrogens is 2. The first-order chi connectivity index (χ1) is 11.1. The van der Waals surface area contributed by atoms with Crippen molar-refractivity contribution in [1.82, 2.24) is 9.97 Å². The molecule has 120 valence electrons. The van der Waals surface area contributed by atoms with E-state index in [-0.39, 0.29) is 5.75 Å². The molecule has 0 fully saturated rings. The van der Waals surface area contributed by atoms with Crippen molar-refractivity contribution in [1.29, 1.82) is 0 Å². The van der Waals surface area contributed by atoms with Gasteiger partial charge in [0.25, 0.3) is 0 Å². The molecule has 0 atom stereocenters. The number of hydrogen-bond donors (Lipinski definition) is 2. The Morgan fingerprint density at radius 3 is 2.70 bits per heavy atom. The van der Waals surface area contributed by atoms with Crippen LogP contribution in [0.3, 0.4) is 0 Å². The van der Waals surface area contributed by atoms with Gasteiger partial charge in [-0.15, -0.1) is 0 Å². The first-order valence-corrected chi connectivity index (χ1v) is 8.73. The number of nitrogens with one attached hydrogen (secondary N) is 2. The molecule has 0 amide bonds. The summed E-state index contributed by atoms with van der Waals surface area (Å²) in [6.45, 7) is 0.379. The van der Waals surface area contributed by atoms with Crippen molar-refractivity contribution in [2.24, 2.45) is 0 Å². The van der Waals surface area contributed by atoms with Gasteiger partial charge in [-0.1, -0.05) is 30.3 Å². The van der Waals surface area contributed by atoms with E-state index in [4.69, 9.17) is 4.74 Å². The SMILES string of the molecule is COCc1nc2ccc(NS(=O)(=O)Cc3ccccc3)cc2[nH]1. The number of benzene rings is 2. The molecule has 2 aromatic carbocycles. The summed E-state index contributed by atoms with van der Waals surface area (Å²) < 4.78 is 32.1. The second kappa shape index (κ2) is 6.39. The van der Waals surface area contributed by atoms with Gasteiger partial charge < -0.3 is 9.72 Å². The zero-order valence-electron chi connectivity index (χ0n) is 12.6. The summed E-state index contributed by atoms with van der Waals surface area (Å²) in [5, 5.41) is 0. The smallest absolute Gasteiger partial charge is 0.236 e. The summed E-state index contributed by atoms with van der Waals surface area (Å²) in [6.07, 6.45) is 0. The molecule has 0 aliphatic heterocycles. The zero-order valence-corrected chi connectivity index (χ0v) is 13.4. The predicted octanol–water partition coefficient (Wildman–Crippen LogP) is 2.65. The first-order valence-electron chi connectivity index (χ1n) is 7.08. The number of ether oxygens (including phenoxy) is 1. The summed E-state index contributed by atoms with van der Waals surface area (Å²) in [5.41, 5.74) is 2.77. The van der Waals surface area contributed by atoms with E-state index < -0.39 is 10.0 Å². The van der Waals surface area contributed by atoms with Crippen molar-refractivity contribution < 1.29 is 13.2 Å². The largest absolute Gasteiger partial charge is 0.377 e. The summed E-state index contributed by atoms with van der Waals surface area (Å²) in [5.74, 6) is 0.635. The third-order valence-electron chi connectivity index (χ3n) is 3.28. The number of methoxy groups -OCH3 is 1. The van der Waals surface area contributed by atoms with Crippen LogP contribution in [0, 0.1) is 0 Å². The van der Waals surface area contributed by atoms with E-state index in [1.165, 1.54) is 0 Å². The average molecular weight is 331 g/mol. The molecule has 0 aliphatic carbocycles. The summed E-state index contributed by atoms with van der Waals surface area (Å²) in [7, 11) is -1.88. The minimum absolute atomic E-state index is 0.0657. The number of aromatic amines is 1. The molecule has 23 heavy (non-hydrogen) atoms. The van der Waals surface area contributed by atoms with E-state index in [0.29, 0.717) is 18.1 Å². The Bertz CT molecular complexity index is 905. The number of H-pyrrole nitrogens is 1. The standard InChI is InChI=1S/C16H17N3O3S/c1-22-10-16-17-14-8-7-13(9-15(14)18-16)19-23(20,21)11-12-5-3-2-4-6-12/h2-9,19H,10-11H2,1H3,(H,17,18). The van der Waals surface area contributed by atoms with Crippen LogP contribution in [-0.2, 0) is 27.1 Å². The molecular formula is C16H17N3O3S. The van der Waals surface area contributed by atoms with Crippen LogP contribution < -0.4 is 4.72 Å². The zero-order chi connectivity index (χ0) is 16.3. The van der Waals surface area contributed by atoms with Crippen LogP contribution in [0.1, 0.15) is 11.4 Å². The van der Waals surface area contributed by atoms with Crippen LogP contribution in [0.5, 0.6) is 0 Å².